The van der Waals surface area contributed by atoms with E-state index < -0.39 is 12.5 Å². The van der Waals surface area contributed by atoms with Gasteiger partial charge in [-0.2, -0.15) is 8.78 Å². The van der Waals surface area contributed by atoms with Gasteiger partial charge < -0.3 is 10.3 Å². The molecule has 1 aliphatic rings. The lowest BCUT2D eigenvalue weighted by molar-refractivity contribution is -0.00715. The van der Waals surface area contributed by atoms with E-state index in [1.807, 2.05) is 0 Å². The topological polar surface area (TPSA) is 56.7 Å². The van der Waals surface area contributed by atoms with Crippen LogP contribution in [0.15, 0.2) is 0 Å². The minimum absolute atomic E-state index is 0.289. The molecule has 2 heterocycles. The minimum atomic E-state index is -3.05. The number of fused-ring (bicyclic) bond motifs is 1. The Morgan fingerprint density at radius 3 is 2.92 bits per heavy atom. The number of halogens is 2. The molecule has 0 atom stereocenters. The first-order chi connectivity index (χ1) is 6.15. The zero-order valence-electron chi connectivity index (χ0n) is 7.00. The third-order valence-corrected chi connectivity index (χ3v) is 2.19. The molecule has 13 heavy (non-hydrogen) atoms. The first-order valence-electron chi connectivity index (χ1n) is 4.15. The summed E-state index contributed by atoms with van der Waals surface area (Å²) >= 11 is 0. The minimum Gasteiger partial charge on any atom is -0.325 e. The van der Waals surface area contributed by atoms with Crippen LogP contribution in [0.2, 0.25) is 0 Å². The summed E-state index contributed by atoms with van der Waals surface area (Å²) in [5.74, 6) is -2.69. The van der Waals surface area contributed by atoms with Crippen molar-refractivity contribution in [3.05, 3.63) is 11.6 Å². The summed E-state index contributed by atoms with van der Waals surface area (Å²) in [7, 11) is 0. The Labute approximate surface area is 73.7 Å². The van der Waals surface area contributed by atoms with Crippen molar-refractivity contribution in [2.75, 3.05) is 6.54 Å². The van der Waals surface area contributed by atoms with Crippen molar-refractivity contribution in [1.82, 2.24) is 14.8 Å². The molecule has 0 bridgehead atoms. The molecule has 1 aromatic rings. The number of aryl methyl sites for hydroxylation is 1. The number of nitrogens with two attached hydrogens (primary N) is 1. The van der Waals surface area contributed by atoms with Crippen LogP contribution in [0.3, 0.4) is 0 Å². The van der Waals surface area contributed by atoms with Crippen LogP contribution < -0.4 is 5.73 Å². The summed E-state index contributed by atoms with van der Waals surface area (Å²) in [5.41, 5.74) is 4.96. The second kappa shape index (κ2) is 2.73. The summed E-state index contributed by atoms with van der Waals surface area (Å²) < 4.78 is 27.7. The van der Waals surface area contributed by atoms with Crippen LogP contribution in [0.1, 0.15) is 18.1 Å². The molecule has 0 spiro atoms. The summed E-state index contributed by atoms with van der Waals surface area (Å²) in [6.07, 6.45) is 1.59. The van der Waals surface area contributed by atoms with Crippen LogP contribution >= 0.6 is 0 Å². The Morgan fingerprint density at radius 1 is 1.46 bits per heavy atom. The first kappa shape index (κ1) is 8.55. The van der Waals surface area contributed by atoms with Crippen molar-refractivity contribution in [3.63, 3.8) is 0 Å². The zero-order valence-corrected chi connectivity index (χ0v) is 7.00. The number of nitrogens with zero attached hydrogens (tertiary/aromatic N) is 3. The van der Waals surface area contributed by atoms with E-state index >= 15 is 0 Å². The molecule has 0 aromatic carbocycles. The Kier molecular flexibility index (Phi) is 1.80. The molecule has 6 heteroatoms. The van der Waals surface area contributed by atoms with Crippen molar-refractivity contribution in [1.29, 1.82) is 0 Å². The molecule has 0 fully saturated rings. The van der Waals surface area contributed by atoms with Gasteiger partial charge in [0.1, 0.15) is 5.82 Å². The van der Waals surface area contributed by atoms with E-state index in [9.17, 15) is 8.78 Å². The molecule has 0 unspecified atom stereocenters. The number of alkyl halides is 2. The SMILES string of the molecule is NCC(F)(F)c1nnc2n1CCC2. The molecular weight excluding hydrogens is 178 g/mol. The predicted molar refractivity (Wildman–Crippen MR) is 41.3 cm³/mol. The smallest absolute Gasteiger partial charge is 0.318 e. The van der Waals surface area contributed by atoms with E-state index in [0.717, 1.165) is 12.8 Å². The molecule has 0 saturated heterocycles. The van der Waals surface area contributed by atoms with E-state index in [2.05, 4.69) is 10.2 Å². The molecule has 0 amide bonds. The maximum absolute atomic E-state index is 13.1. The molecular formula is C7H10F2N4. The Balaban J connectivity index is 2.41. The highest BCUT2D eigenvalue weighted by molar-refractivity contribution is 5.06. The van der Waals surface area contributed by atoms with Gasteiger partial charge >= 0.3 is 5.92 Å². The van der Waals surface area contributed by atoms with Crippen molar-refractivity contribution in [3.8, 4) is 0 Å². The molecule has 2 N–H and O–H groups in total. The lowest BCUT2D eigenvalue weighted by atomic mass is 10.3. The molecule has 1 aromatic heterocycles. The Hall–Kier alpha value is -1.04. The maximum Gasteiger partial charge on any atom is 0.318 e. The van der Waals surface area contributed by atoms with Gasteiger partial charge in [0.25, 0.3) is 0 Å². The van der Waals surface area contributed by atoms with Gasteiger partial charge in [-0.05, 0) is 6.42 Å². The van der Waals surface area contributed by atoms with Crippen LogP contribution in [-0.4, -0.2) is 21.3 Å². The monoisotopic (exact) mass is 188 g/mol. The molecule has 0 aliphatic carbocycles. The average Bonchev–Trinajstić information content (AvgIpc) is 2.62. The lowest BCUT2D eigenvalue weighted by Gasteiger charge is -2.12. The van der Waals surface area contributed by atoms with Gasteiger partial charge in [-0.1, -0.05) is 0 Å². The van der Waals surface area contributed by atoms with Crippen molar-refractivity contribution >= 4 is 0 Å². The quantitative estimate of drug-likeness (QED) is 0.725. The van der Waals surface area contributed by atoms with E-state index in [1.54, 1.807) is 0 Å². The average molecular weight is 188 g/mol. The van der Waals surface area contributed by atoms with Gasteiger partial charge in [0, 0.05) is 13.0 Å². The molecule has 0 radical (unpaired) electrons. The number of hydrogen-bond donors (Lipinski definition) is 1. The highest BCUT2D eigenvalue weighted by Gasteiger charge is 2.37. The zero-order chi connectivity index (χ0) is 9.47. The third kappa shape index (κ3) is 1.21. The van der Waals surface area contributed by atoms with Gasteiger partial charge in [-0.25, -0.2) is 0 Å². The molecule has 72 valence electrons. The predicted octanol–water partition coefficient (Wildman–Crippen LogP) is 0.275. The maximum atomic E-state index is 13.1. The van der Waals surface area contributed by atoms with Crippen LogP contribution in [0.25, 0.3) is 0 Å². The van der Waals surface area contributed by atoms with Crippen LogP contribution in [0, 0.1) is 0 Å². The van der Waals surface area contributed by atoms with E-state index in [1.165, 1.54) is 4.57 Å². The van der Waals surface area contributed by atoms with E-state index in [4.69, 9.17) is 5.73 Å². The van der Waals surface area contributed by atoms with E-state index in [-0.39, 0.29) is 5.82 Å². The van der Waals surface area contributed by atoms with Gasteiger partial charge in [-0.15, -0.1) is 10.2 Å². The van der Waals surface area contributed by atoms with Crippen LogP contribution in [0.4, 0.5) is 8.78 Å². The summed E-state index contributed by atoms with van der Waals surface area (Å²) in [4.78, 5) is 0. The van der Waals surface area contributed by atoms with Gasteiger partial charge in [0.15, 0.2) is 0 Å². The fraction of sp³-hybridized carbons (Fsp3) is 0.714. The van der Waals surface area contributed by atoms with E-state index in [0.29, 0.717) is 12.4 Å². The summed E-state index contributed by atoms with van der Waals surface area (Å²) in [6, 6.07) is 0. The number of aromatic nitrogens is 3. The molecule has 1 aliphatic heterocycles. The highest BCUT2D eigenvalue weighted by Crippen LogP contribution is 2.27. The summed E-state index contributed by atoms with van der Waals surface area (Å²) in [5, 5.41) is 7.15. The fourth-order valence-electron chi connectivity index (χ4n) is 1.51. The molecule has 0 saturated carbocycles. The fourth-order valence-corrected chi connectivity index (χ4v) is 1.51. The van der Waals surface area contributed by atoms with Crippen molar-refractivity contribution in [2.45, 2.75) is 25.3 Å². The Morgan fingerprint density at radius 2 is 2.23 bits per heavy atom. The van der Waals surface area contributed by atoms with Gasteiger partial charge in [0.05, 0.1) is 6.54 Å². The van der Waals surface area contributed by atoms with Crippen molar-refractivity contribution < 1.29 is 8.78 Å². The highest BCUT2D eigenvalue weighted by atomic mass is 19.3. The standard InChI is InChI=1S/C7H10F2N4/c8-7(9,4-10)6-12-11-5-2-1-3-13(5)6/h1-4,10H2. The second-order valence-electron chi connectivity index (χ2n) is 3.10. The second-order valence-corrected chi connectivity index (χ2v) is 3.10. The summed E-state index contributed by atoms with van der Waals surface area (Å²) in [6.45, 7) is -0.140. The Bertz CT molecular complexity index is 320. The first-order valence-corrected chi connectivity index (χ1v) is 4.15. The largest absolute Gasteiger partial charge is 0.325 e. The molecule has 4 nitrogen and oxygen atoms in total. The van der Waals surface area contributed by atoms with Gasteiger partial charge in [-0.3, -0.25) is 0 Å². The van der Waals surface area contributed by atoms with Crippen LogP contribution in [0.5, 0.6) is 0 Å². The lowest BCUT2D eigenvalue weighted by Crippen LogP contribution is -2.28. The third-order valence-electron chi connectivity index (χ3n) is 2.19. The van der Waals surface area contributed by atoms with Crippen molar-refractivity contribution in [2.24, 2.45) is 5.73 Å². The van der Waals surface area contributed by atoms with Gasteiger partial charge in [0.2, 0.25) is 5.82 Å². The normalized spacial score (nSPS) is 16.2. The molecule has 2 rings (SSSR count). The number of rotatable bonds is 2. The van der Waals surface area contributed by atoms with Crippen LogP contribution in [-0.2, 0) is 18.9 Å². The number of hydrogen-bond acceptors (Lipinski definition) is 3.